The van der Waals surface area contributed by atoms with E-state index in [9.17, 15) is 0 Å². The van der Waals surface area contributed by atoms with Crippen LogP contribution in [0.2, 0.25) is 0 Å². The fraction of sp³-hybridized carbons (Fsp3) is 0. The first-order chi connectivity index (χ1) is 22.3. The molecule has 0 radical (unpaired) electrons. The van der Waals surface area contributed by atoms with Gasteiger partial charge in [-0.05, 0) is 59.7 Å². The zero-order valence-corrected chi connectivity index (χ0v) is 24.4. The van der Waals surface area contributed by atoms with Gasteiger partial charge in [0.05, 0.1) is 22.4 Å². The molecule has 0 saturated heterocycles. The van der Waals surface area contributed by atoms with Crippen molar-refractivity contribution in [2.75, 3.05) is 4.90 Å². The maximum atomic E-state index is 6.39. The van der Waals surface area contributed by atoms with Crippen LogP contribution in [-0.4, -0.2) is 0 Å². The Kier molecular flexibility index (Phi) is 5.82. The Morgan fingerprint density at radius 1 is 0.333 bits per heavy atom. The summed E-state index contributed by atoms with van der Waals surface area (Å²) in [6, 6.07) is 57.3. The summed E-state index contributed by atoms with van der Waals surface area (Å²) in [4.78, 5) is 2.40. The molecule has 0 N–H and O–H groups in total. The lowest BCUT2D eigenvalue weighted by molar-refractivity contribution is 0.668. The zero-order chi connectivity index (χ0) is 29.7. The first-order valence-electron chi connectivity index (χ1n) is 15.2. The van der Waals surface area contributed by atoms with Crippen molar-refractivity contribution in [1.82, 2.24) is 0 Å². The number of fused-ring (bicyclic) bond motifs is 6. The van der Waals surface area contributed by atoms with Crippen LogP contribution in [0.15, 0.2) is 173 Å². The second-order valence-corrected chi connectivity index (χ2v) is 11.3. The highest BCUT2D eigenvalue weighted by atomic mass is 16.3. The fourth-order valence-corrected chi connectivity index (χ4v) is 6.67. The molecule has 2 heterocycles. The number of hydrogen-bond acceptors (Lipinski definition) is 3. The van der Waals surface area contributed by atoms with Crippen LogP contribution < -0.4 is 4.90 Å². The third kappa shape index (κ3) is 4.13. The van der Waals surface area contributed by atoms with E-state index in [1.165, 1.54) is 0 Å². The van der Waals surface area contributed by atoms with E-state index in [2.05, 4.69) is 144 Å². The molecular weight excluding hydrogens is 550 g/mol. The molecule has 0 aliphatic heterocycles. The highest BCUT2D eigenvalue weighted by Gasteiger charge is 2.24. The third-order valence-corrected chi connectivity index (χ3v) is 8.68. The molecule has 212 valence electrons. The van der Waals surface area contributed by atoms with Crippen LogP contribution in [0.5, 0.6) is 0 Å². The highest BCUT2D eigenvalue weighted by Crippen LogP contribution is 2.48. The summed E-state index contributed by atoms with van der Waals surface area (Å²) in [5.41, 5.74) is 11.3. The molecule has 0 fully saturated rings. The van der Waals surface area contributed by atoms with Crippen molar-refractivity contribution in [3.05, 3.63) is 164 Å². The van der Waals surface area contributed by atoms with Crippen LogP contribution in [0.25, 0.3) is 66.1 Å². The van der Waals surface area contributed by atoms with E-state index in [-0.39, 0.29) is 0 Å². The molecule has 7 aromatic carbocycles. The summed E-state index contributed by atoms with van der Waals surface area (Å²) < 4.78 is 12.6. The summed E-state index contributed by atoms with van der Waals surface area (Å²) in [5, 5.41) is 4.40. The van der Waals surface area contributed by atoms with Crippen LogP contribution in [0, 0.1) is 0 Å². The molecule has 0 atom stereocenters. The standard InChI is InChI=1S/C42H27NO2/c1-2-13-28(14-3-1)30-15-4-8-19-35(30)43(37-21-12-24-41-42(37)33-18-7-11-23-39(33)45-41)36-20-9-5-16-31(36)29-25-26-40-34(27-29)32-17-6-10-22-38(32)44-40/h1-27H. The number of nitrogens with zero attached hydrogens (tertiary/aromatic N) is 1. The van der Waals surface area contributed by atoms with Gasteiger partial charge in [-0.1, -0.05) is 115 Å². The normalized spacial score (nSPS) is 11.6. The van der Waals surface area contributed by atoms with Gasteiger partial charge in [-0.25, -0.2) is 0 Å². The second-order valence-electron chi connectivity index (χ2n) is 11.3. The lowest BCUT2D eigenvalue weighted by Crippen LogP contribution is -2.12. The molecule has 2 aromatic heterocycles. The molecule has 3 heteroatoms. The monoisotopic (exact) mass is 577 g/mol. The zero-order valence-electron chi connectivity index (χ0n) is 24.4. The smallest absolute Gasteiger partial charge is 0.137 e. The van der Waals surface area contributed by atoms with Gasteiger partial charge >= 0.3 is 0 Å². The van der Waals surface area contributed by atoms with E-state index < -0.39 is 0 Å². The molecule has 0 saturated carbocycles. The highest BCUT2D eigenvalue weighted by molar-refractivity contribution is 6.14. The van der Waals surface area contributed by atoms with Crippen molar-refractivity contribution < 1.29 is 8.83 Å². The van der Waals surface area contributed by atoms with Gasteiger partial charge in [-0.3, -0.25) is 0 Å². The maximum absolute atomic E-state index is 6.39. The predicted molar refractivity (Wildman–Crippen MR) is 187 cm³/mol. The average molecular weight is 578 g/mol. The van der Waals surface area contributed by atoms with Crippen LogP contribution >= 0.6 is 0 Å². The van der Waals surface area contributed by atoms with Gasteiger partial charge in [0, 0.05) is 27.3 Å². The lowest BCUT2D eigenvalue weighted by Gasteiger charge is -2.30. The van der Waals surface area contributed by atoms with E-state index in [4.69, 9.17) is 8.83 Å². The van der Waals surface area contributed by atoms with Crippen LogP contribution in [0.1, 0.15) is 0 Å². The van der Waals surface area contributed by atoms with Gasteiger partial charge < -0.3 is 13.7 Å². The van der Waals surface area contributed by atoms with E-state index >= 15 is 0 Å². The van der Waals surface area contributed by atoms with Gasteiger partial charge in [0.25, 0.3) is 0 Å². The van der Waals surface area contributed by atoms with E-state index in [1.54, 1.807) is 0 Å². The summed E-state index contributed by atoms with van der Waals surface area (Å²) in [5.74, 6) is 0. The van der Waals surface area contributed by atoms with Gasteiger partial charge in [0.15, 0.2) is 0 Å². The third-order valence-electron chi connectivity index (χ3n) is 8.68. The van der Waals surface area contributed by atoms with Crippen molar-refractivity contribution in [1.29, 1.82) is 0 Å². The molecule has 9 rings (SSSR count). The Bertz CT molecular complexity index is 2500. The number of furan rings is 2. The molecule has 0 aliphatic carbocycles. The number of rotatable bonds is 5. The van der Waals surface area contributed by atoms with Crippen molar-refractivity contribution in [3.8, 4) is 22.3 Å². The van der Waals surface area contributed by atoms with Gasteiger partial charge in [0.2, 0.25) is 0 Å². The molecule has 0 bridgehead atoms. The first-order valence-corrected chi connectivity index (χ1v) is 15.2. The summed E-state index contributed by atoms with van der Waals surface area (Å²) in [7, 11) is 0. The number of anilines is 3. The van der Waals surface area contributed by atoms with Gasteiger partial charge in [0.1, 0.15) is 22.3 Å². The second kappa shape index (κ2) is 10.3. The molecule has 0 unspecified atom stereocenters. The minimum atomic E-state index is 0.861. The topological polar surface area (TPSA) is 29.5 Å². The average Bonchev–Trinajstić information content (AvgIpc) is 3.68. The Morgan fingerprint density at radius 3 is 1.64 bits per heavy atom. The van der Waals surface area contributed by atoms with Crippen molar-refractivity contribution in [2.45, 2.75) is 0 Å². The van der Waals surface area contributed by atoms with E-state index in [1.807, 2.05) is 24.3 Å². The predicted octanol–water partition coefficient (Wildman–Crippen LogP) is 12.3. The Labute approximate surface area is 260 Å². The van der Waals surface area contributed by atoms with E-state index in [0.29, 0.717) is 0 Å². The van der Waals surface area contributed by atoms with Crippen LogP contribution in [0.4, 0.5) is 17.1 Å². The number of para-hydroxylation sites is 4. The fourth-order valence-electron chi connectivity index (χ4n) is 6.67. The van der Waals surface area contributed by atoms with Crippen molar-refractivity contribution in [2.24, 2.45) is 0 Å². The number of hydrogen-bond donors (Lipinski definition) is 0. The van der Waals surface area contributed by atoms with Crippen LogP contribution in [0.3, 0.4) is 0 Å². The van der Waals surface area contributed by atoms with Crippen LogP contribution in [-0.2, 0) is 0 Å². The van der Waals surface area contributed by atoms with Crippen molar-refractivity contribution >= 4 is 60.9 Å². The van der Waals surface area contributed by atoms with Crippen molar-refractivity contribution in [3.63, 3.8) is 0 Å². The largest absolute Gasteiger partial charge is 0.456 e. The minimum absolute atomic E-state index is 0.861. The summed E-state index contributed by atoms with van der Waals surface area (Å²) >= 11 is 0. The summed E-state index contributed by atoms with van der Waals surface area (Å²) in [6.07, 6.45) is 0. The summed E-state index contributed by atoms with van der Waals surface area (Å²) in [6.45, 7) is 0. The molecule has 0 aliphatic rings. The Morgan fingerprint density at radius 2 is 0.867 bits per heavy atom. The van der Waals surface area contributed by atoms with Gasteiger partial charge in [-0.15, -0.1) is 0 Å². The Hall–Kier alpha value is -6.06. The molecule has 0 spiro atoms. The molecular formula is C42H27NO2. The molecule has 45 heavy (non-hydrogen) atoms. The molecule has 3 nitrogen and oxygen atoms in total. The minimum Gasteiger partial charge on any atom is -0.456 e. The lowest BCUT2D eigenvalue weighted by atomic mass is 9.97. The maximum Gasteiger partial charge on any atom is 0.137 e. The SMILES string of the molecule is c1ccc(-c2ccccc2N(c2ccccc2-c2ccc3oc4ccccc4c3c2)c2cccc3oc4ccccc4c23)cc1. The quantitative estimate of drug-likeness (QED) is 0.204. The van der Waals surface area contributed by atoms with E-state index in [0.717, 1.165) is 83.2 Å². The number of benzene rings is 7. The molecule has 9 aromatic rings. The van der Waals surface area contributed by atoms with Gasteiger partial charge in [-0.2, -0.15) is 0 Å². The Balaban J connectivity index is 1.35. The first kappa shape index (κ1) is 25.4. The molecule has 0 amide bonds.